The van der Waals surface area contributed by atoms with Crippen LogP contribution in [0.25, 0.3) is 0 Å². The Morgan fingerprint density at radius 2 is 2.00 bits per heavy atom. The fourth-order valence-electron chi connectivity index (χ4n) is 1.80. The molecule has 0 heterocycles. The van der Waals surface area contributed by atoms with E-state index in [9.17, 15) is 0 Å². The normalized spacial score (nSPS) is 21.1. The molecule has 0 heteroatoms. The molecule has 72 valence electrons. The van der Waals surface area contributed by atoms with Gasteiger partial charge in [-0.05, 0) is 37.3 Å². The topological polar surface area (TPSA) is 0 Å². The molecule has 0 unspecified atom stereocenters. The van der Waals surface area contributed by atoms with Gasteiger partial charge in [0, 0.05) is 0 Å². The number of rotatable bonds is 1. The summed E-state index contributed by atoms with van der Waals surface area (Å²) in [7, 11) is 0. The van der Waals surface area contributed by atoms with Gasteiger partial charge in [0.1, 0.15) is 0 Å². The van der Waals surface area contributed by atoms with Gasteiger partial charge in [0.25, 0.3) is 0 Å². The zero-order chi connectivity index (χ0) is 9.80. The Kier molecular flexibility index (Phi) is 2.83. The smallest absolute Gasteiger partial charge is 0.0157 e. The average Bonchev–Trinajstić information content (AvgIpc) is 2.47. The maximum absolute atomic E-state index is 2.31. The molecule has 0 fully saturated rings. The number of allylic oxidation sites excluding steroid dienone is 10. The van der Waals surface area contributed by atoms with Crippen molar-refractivity contribution in [1.29, 1.82) is 0 Å². The van der Waals surface area contributed by atoms with Gasteiger partial charge in [0.2, 0.25) is 0 Å². The lowest BCUT2D eigenvalue weighted by atomic mass is 9.93. The molecule has 14 heavy (non-hydrogen) atoms. The van der Waals surface area contributed by atoms with Crippen LogP contribution in [0.4, 0.5) is 0 Å². The molecule has 0 spiro atoms. The summed E-state index contributed by atoms with van der Waals surface area (Å²) in [6.07, 6.45) is 18.9. The van der Waals surface area contributed by atoms with Crippen LogP contribution in [0.5, 0.6) is 0 Å². The van der Waals surface area contributed by atoms with Gasteiger partial charge < -0.3 is 0 Å². The minimum absolute atomic E-state index is 1.06. The van der Waals surface area contributed by atoms with Gasteiger partial charge in [-0.15, -0.1) is 0 Å². The van der Waals surface area contributed by atoms with E-state index in [1.165, 1.54) is 29.6 Å². The molecule has 0 aromatic carbocycles. The Labute approximate surface area is 86.0 Å². The summed E-state index contributed by atoms with van der Waals surface area (Å²) < 4.78 is 0. The molecule has 0 radical (unpaired) electrons. The van der Waals surface area contributed by atoms with Gasteiger partial charge in [-0.2, -0.15) is 0 Å². The minimum atomic E-state index is 1.06. The second kappa shape index (κ2) is 4.28. The SMILES string of the molecule is CC1=CC=C(C2=CCC=CC=C2)CC1. The van der Waals surface area contributed by atoms with Gasteiger partial charge in [-0.3, -0.25) is 0 Å². The van der Waals surface area contributed by atoms with Gasteiger partial charge in [0.05, 0.1) is 0 Å². The molecule has 0 aromatic heterocycles. The van der Waals surface area contributed by atoms with Crippen molar-refractivity contribution < 1.29 is 0 Å². The van der Waals surface area contributed by atoms with E-state index >= 15 is 0 Å². The van der Waals surface area contributed by atoms with Crippen LogP contribution in [-0.4, -0.2) is 0 Å². The third-order valence-corrected chi connectivity index (χ3v) is 2.73. The largest absolute Gasteiger partial charge is 0.0807 e. The number of hydrogen-bond acceptors (Lipinski definition) is 0. The first-order chi connectivity index (χ1) is 6.86. The van der Waals surface area contributed by atoms with Gasteiger partial charge >= 0.3 is 0 Å². The second-order valence-electron chi connectivity index (χ2n) is 3.89. The summed E-state index contributed by atoms with van der Waals surface area (Å²) in [5.41, 5.74) is 4.37. The Bertz CT molecular complexity index is 359. The van der Waals surface area contributed by atoms with Crippen LogP contribution in [0.15, 0.2) is 59.3 Å². The fourth-order valence-corrected chi connectivity index (χ4v) is 1.80. The molecule has 2 aliphatic carbocycles. The summed E-state index contributed by atoms with van der Waals surface area (Å²) in [5, 5.41) is 0. The molecular weight excluding hydrogens is 168 g/mol. The molecule has 2 rings (SSSR count). The molecule has 0 aromatic rings. The summed E-state index contributed by atoms with van der Waals surface area (Å²) in [5.74, 6) is 0. The van der Waals surface area contributed by atoms with E-state index in [1.807, 2.05) is 0 Å². The quantitative estimate of drug-likeness (QED) is 0.575. The van der Waals surface area contributed by atoms with Crippen molar-refractivity contribution in [2.24, 2.45) is 0 Å². The molecule has 2 aliphatic rings. The third kappa shape index (κ3) is 2.14. The highest BCUT2D eigenvalue weighted by molar-refractivity contribution is 5.45. The van der Waals surface area contributed by atoms with E-state index in [4.69, 9.17) is 0 Å². The Morgan fingerprint density at radius 1 is 1.07 bits per heavy atom. The number of hydrogen-bond donors (Lipinski definition) is 0. The van der Waals surface area contributed by atoms with Crippen LogP contribution in [0, 0.1) is 0 Å². The van der Waals surface area contributed by atoms with Crippen LogP contribution >= 0.6 is 0 Å². The van der Waals surface area contributed by atoms with Crippen molar-refractivity contribution in [2.45, 2.75) is 26.2 Å². The summed E-state index contributed by atoms with van der Waals surface area (Å²) >= 11 is 0. The highest BCUT2D eigenvalue weighted by atomic mass is 14.1. The van der Waals surface area contributed by atoms with Crippen molar-refractivity contribution >= 4 is 0 Å². The van der Waals surface area contributed by atoms with Gasteiger partial charge in [-0.25, -0.2) is 0 Å². The minimum Gasteiger partial charge on any atom is -0.0807 e. The van der Waals surface area contributed by atoms with Crippen LogP contribution < -0.4 is 0 Å². The average molecular weight is 184 g/mol. The van der Waals surface area contributed by atoms with Gasteiger partial charge in [0.15, 0.2) is 0 Å². The highest BCUT2D eigenvalue weighted by Crippen LogP contribution is 2.25. The van der Waals surface area contributed by atoms with E-state index in [-0.39, 0.29) is 0 Å². The first-order valence-corrected chi connectivity index (χ1v) is 5.26. The van der Waals surface area contributed by atoms with E-state index in [0.29, 0.717) is 0 Å². The zero-order valence-electron chi connectivity index (χ0n) is 8.66. The van der Waals surface area contributed by atoms with Crippen molar-refractivity contribution in [3.63, 3.8) is 0 Å². The molecule has 0 N–H and O–H groups in total. The zero-order valence-corrected chi connectivity index (χ0v) is 8.66. The third-order valence-electron chi connectivity index (χ3n) is 2.73. The van der Waals surface area contributed by atoms with E-state index in [1.54, 1.807) is 0 Å². The maximum atomic E-state index is 2.31. The standard InChI is InChI=1S/C14H16/c1-12-8-10-14(11-9-12)13-6-4-2-3-5-7-13/h2-4,6-8,10H,5,9,11H2,1H3. The Balaban J connectivity index is 2.20. The van der Waals surface area contributed by atoms with Crippen LogP contribution in [0.1, 0.15) is 26.2 Å². The predicted molar refractivity (Wildman–Crippen MR) is 62.1 cm³/mol. The van der Waals surface area contributed by atoms with Crippen molar-refractivity contribution in [3.05, 3.63) is 59.3 Å². The van der Waals surface area contributed by atoms with Gasteiger partial charge in [-0.1, -0.05) is 48.1 Å². The van der Waals surface area contributed by atoms with Crippen LogP contribution in [0.2, 0.25) is 0 Å². The fraction of sp³-hybridized carbons (Fsp3) is 0.286. The predicted octanol–water partition coefficient (Wildman–Crippen LogP) is 4.10. The summed E-state index contributed by atoms with van der Waals surface area (Å²) in [4.78, 5) is 0. The molecule has 0 saturated carbocycles. The highest BCUT2D eigenvalue weighted by Gasteiger charge is 2.06. The monoisotopic (exact) mass is 184 g/mol. The summed E-state index contributed by atoms with van der Waals surface area (Å²) in [6.45, 7) is 2.20. The molecule has 0 bridgehead atoms. The Hall–Kier alpha value is -1.30. The second-order valence-corrected chi connectivity index (χ2v) is 3.89. The molecular formula is C14H16. The van der Waals surface area contributed by atoms with Crippen molar-refractivity contribution in [3.8, 4) is 0 Å². The van der Waals surface area contributed by atoms with E-state index < -0.39 is 0 Å². The van der Waals surface area contributed by atoms with E-state index in [0.717, 1.165) is 6.42 Å². The lowest BCUT2D eigenvalue weighted by molar-refractivity contribution is 0.917. The lowest BCUT2D eigenvalue weighted by Gasteiger charge is -2.12. The molecule has 0 amide bonds. The van der Waals surface area contributed by atoms with Crippen LogP contribution in [-0.2, 0) is 0 Å². The molecule has 0 aliphatic heterocycles. The summed E-state index contributed by atoms with van der Waals surface area (Å²) in [6, 6.07) is 0. The lowest BCUT2D eigenvalue weighted by Crippen LogP contribution is -1.93. The molecule has 0 saturated heterocycles. The van der Waals surface area contributed by atoms with Crippen LogP contribution in [0.3, 0.4) is 0 Å². The molecule has 0 nitrogen and oxygen atoms in total. The van der Waals surface area contributed by atoms with E-state index in [2.05, 4.69) is 49.5 Å². The van der Waals surface area contributed by atoms with Crippen molar-refractivity contribution in [2.75, 3.05) is 0 Å². The Morgan fingerprint density at radius 3 is 2.79 bits per heavy atom. The first-order valence-electron chi connectivity index (χ1n) is 5.26. The van der Waals surface area contributed by atoms with Crippen molar-refractivity contribution in [1.82, 2.24) is 0 Å². The maximum Gasteiger partial charge on any atom is -0.0157 e. The first kappa shape index (κ1) is 9.26. The molecule has 0 atom stereocenters.